The third kappa shape index (κ3) is 5.69. The summed E-state index contributed by atoms with van der Waals surface area (Å²) >= 11 is 1.74. The van der Waals surface area contributed by atoms with Gasteiger partial charge in [-0.15, -0.1) is 0 Å². The van der Waals surface area contributed by atoms with E-state index in [0.29, 0.717) is 23.9 Å². The Balaban J connectivity index is 1.42. The average Bonchev–Trinajstić information content (AvgIpc) is 3.56. The van der Waals surface area contributed by atoms with Gasteiger partial charge in [0.1, 0.15) is 12.4 Å². The molecule has 176 valence electrons. The van der Waals surface area contributed by atoms with Crippen LogP contribution in [-0.2, 0) is 32.4 Å². The molecule has 1 aromatic carbocycles. The summed E-state index contributed by atoms with van der Waals surface area (Å²) in [5, 5.41) is 10.4. The molecule has 0 bridgehead atoms. The second-order valence-electron chi connectivity index (χ2n) is 7.80. The van der Waals surface area contributed by atoms with Gasteiger partial charge < -0.3 is 24.8 Å². The summed E-state index contributed by atoms with van der Waals surface area (Å²) < 4.78 is 17.7. The van der Waals surface area contributed by atoms with Gasteiger partial charge in [-0.2, -0.15) is 16.9 Å². The zero-order valence-corrected chi connectivity index (χ0v) is 19.6. The molecule has 1 unspecified atom stereocenters. The van der Waals surface area contributed by atoms with Gasteiger partial charge in [0, 0.05) is 36.3 Å². The Bertz CT molecular complexity index is 1050. The van der Waals surface area contributed by atoms with Crippen LogP contribution in [0.1, 0.15) is 29.7 Å². The van der Waals surface area contributed by atoms with Crippen LogP contribution in [0, 0.1) is 0 Å². The normalized spacial score (nSPS) is 17.2. The van der Waals surface area contributed by atoms with Crippen LogP contribution in [0.3, 0.4) is 0 Å². The van der Waals surface area contributed by atoms with E-state index >= 15 is 0 Å². The molecule has 2 aliphatic heterocycles. The molecule has 2 N–H and O–H groups in total. The van der Waals surface area contributed by atoms with Crippen molar-refractivity contribution in [2.75, 3.05) is 32.7 Å². The number of carbonyl (C=O) groups excluding carboxylic acids is 2. The average molecular weight is 473 g/mol. The minimum atomic E-state index is -0.301. The van der Waals surface area contributed by atoms with Crippen molar-refractivity contribution in [2.24, 2.45) is 0 Å². The van der Waals surface area contributed by atoms with Crippen LogP contribution >= 0.6 is 11.8 Å². The third-order valence-electron chi connectivity index (χ3n) is 5.54. The Kier molecular flexibility index (Phi) is 7.56. The highest BCUT2D eigenvalue weighted by molar-refractivity contribution is 7.98. The minimum Gasteiger partial charge on any atom is -0.493 e. The monoisotopic (exact) mass is 472 g/mol. The molecule has 2 aromatic rings. The van der Waals surface area contributed by atoms with Crippen molar-refractivity contribution in [3.05, 3.63) is 41.1 Å². The van der Waals surface area contributed by atoms with Gasteiger partial charge >= 0.3 is 0 Å². The number of nitrogens with one attached hydrogen (secondary N) is 2. The van der Waals surface area contributed by atoms with Crippen molar-refractivity contribution in [3.63, 3.8) is 0 Å². The summed E-state index contributed by atoms with van der Waals surface area (Å²) in [5.41, 5.74) is 2.68. The number of thioether (sulfide) groups is 1. The van der Waals surface area contributed by atoms with Crippen LogP contribution < -0.4 is 20.1 Å². The number of anilines is 1. The summed E-state index contributed by atoms with van der Waals surface area (Å²) in [6, 6.07) is 5.41. The summed E-state index contributed by atoms with van der Waals surface area (Å²) in [5.74, 6) is 2.84. The van der Waals surface area contributed by atoms with E-state index in [9.17, 15) is 9.59 Å². The van der Waals surface area contributed by atoms with Crippen LogP contribution in [0.25, 0.3) is 6.08 Å². The van der Waals surface area contributed by atoms with E-state index < -0.39 is 0 Å². The molecule has 1 aromatic heterocycles. The summed E-state index contributed by atoms with van der Waals surface area (Å²) in [6.45, 7) is 1.28. The quantitative estimate of drug-likeness (QED) is 0.541. The third-order valence-corrected chi connectivity index (χ3v) is 6.51. The van der Waals surface area contributed by atoms with E-state index in [-0.39, 0.29) is 24.5 Å². The van der Waals surface area contributed by atoms with Crippen molar-refractivity contribution >= 4 is 35.5 Å². The number of hydrogen-bond donors (Lipinski definition) is 2. The molecule has 0 radical (unpaired) electrons. The molecule has 0 spiro atoms. The van der Waals surface area contributed by atoms with Crippen LogP contribution in [-0.4, -0.2) is 55.1 Å². The molecule has 1 atom stereocenters. The maximum Gasteiger partial charge on any atom is 0.249 e. The van der Waals surface area contributed by atoms with Crippen LogP contribution in [0.15, 0.2) is 24.3 Å². The molecule has 33 heavy (non-hydrogen) atoms. The number of nitrogens with zero attached hydrogens (tertiary/aromatic N) is 2. The maximum absolute atomic E-state index is 12.7. The number of benzene rings is 1. The summed E-state index contributed by atoms with van der Waals surface area (Å²) in [7, 11) is 3.14. The van der Waals surface area contributed by atoms with Crippen molar-refractivity contribution in [1.82, 2.24) is 15.1 Å². The first-order valence-electron chi connectivity index (χ1n) is 10.8. The molecule has 2 aliphatic rings. The molecule has 10 heteroatoms. The lowest BCUT2D eigenvalue weighted by molar-refractivity contribution is -0.122. The molecule has 0 aliphatic carbocycles. The Morgan fingerprint density at radius 1 is 1.27 bits per heavy atom. The molecule has 4 rings (SSSR count). The first-order valence-corrected chi connectivity index (χ1v) is 12.0. The van der Waals surface area contributed by atoms with E-state index in [1.165, 1.54) is 6.08 Å². The van der Waals surface area contributed by atoms with Crippen LogP contribution in [0.4, 0.5) is 5.82 Å². The topological polar surface area (TPSA) is 104 Å². The lowest BCUT2D eigenvalue weighted by atomic mass is 10.2. The standard InChI is InChI=1S/C23H28N4O5S/c1-30-19-7-5-15(10-20(19)31-2)6-8-21(28)25-23-17-13-33-14-18(17)26-27(23)12-22(29)24-11-16-4-3-9-32-16/h5-8,10,16H,3-4,9,11-14H2,1-2H3,(H,24,29)(H,25,28)/b8-6-. The summed E-state index contributed by atoms with van der Waals surface area (Å²) in [6.07, 6.45) is 5.21. The van der Waals surface area contributed by atoms with Gasteiger partial charge in [-0.05, 0) is 36.6 Å². The lowest BCUT2D eigenvalue weighted by Gasteiger charge is -2.13. The van der Waals surface area contributed by atoms with E-state index in [2.05, 4.69) is 15.7 Å². The number of rotatable bonds is 9. The van der Waals surface area contributed by atoms with Gasteiger partial charge in [0.15, 0.2) is 11.5 Å². The Morgan fingerprint density at radius 3 is 2.88 bits per heavy atom. The number of hydrogen-bond acceptors (Lipinski definition) is 7. The molecule has 0 saturated carbocycles. The van der Waals surface area contributed by atoms with Crippen LogP contribution in [0.5, 0.6) is 11.5 Å². The van der Waals surface area contributed by atoms with Crippen molar-refractivity contribution < 1.29 is 23.8 Å². The molecule has 1 saturated heterocycles. The van der Waals surface area contributed by atoms with Gasteiger partial charge in [-0.1, -0.05) is 6.07 Å². The molecule has 1 fully saturated rings. The zero-order valence-electron chi connectivity index (χ0n) is 18.8. The smallest absolute Gasteiger partial charge is 0.249 e. The number of amides is 2. The predicted molar refractivity (Wildman–Crippen MR) is 126 cm³/mol. The highest BCUT2D eigenvalue weighted by Crippen LogP contribution is 2.34. The second kappa shape index (κ2) is 10.8. The fraction of sp³-hybridized carbons (Fsp3) is 0.435. The highest BCUT2D eigenvalue weighted by atomic mass is 32.2. The van der Waals surface area contributed by atoms with Crippen molar-refractivity contribution in [1.29, 1.82) is 0 Å². The molecule has 3 heterocycles. The molecular weight excluding hydrogens is 444 g/mol. The van der Waals surface area contributed by atoms with E-state index in [1.54, 1.807) is 48.9 Å². The second-order valence-corrected chi connectivity index (χ2v) is 8.79. The Labute approximate surface area is 196 Å². The minimum absolute atomic E-state index is 0.0411. The van der Waals surface area contributed by atoms with Crippen molar-refractivity contribution in [2.45, 2.75) is 37.0 Å². The SMILES string of the molecule is COc1ccc(/C=C\C(=O)Nc2c3c(nn2CC(=O)NCC2CCCO2)CSC3)cc1OC. The molecular formula is C23H28N4O5S. The van der Waals surface area contributed by atoms with Crippen molar-refractivity contribution in [3.8, 4) is 11.5 Å². The van der Waals surface area contributed by atoms with E-state index in [4.69, 9.17) is 14.2 Å². The highest BCUT2D eigenvalue weighted by Gasteiger charge is 2.25. The van der Waals surface area contributed by atoms with Crippen LogP contribution in [0.2, 0.25) is 0 Å². The van der Waals surface area contributed by atoms with Gasteiger partial charge in [-0.3, -0.25) is 9.59 Å². The molecule has 9 nitrogen and oxygen atoms in total. The first kappa shape index (κ1) is 23.2. The number of methoxy groups -OCH3 is 2. The largest absolute Gasteiger partial charge is 0.493 e. The van der Waals surface area contributed by atoms with E-state index in [0.717, 1.165) is 47.8 Å². The Morgan fingerprint density at radius 2 is 2.12 bits per heavy atom. The zero-order chi connectivity index (χ0) is 23.2. The maximum atomic E-state index is 12.7. The number of carbonyl (C=O) groups is 2. The van der Waals surface area contributed by atoms with E-state index in [1.807, 2.05) is 6.07 Å². The van der Waals surface area contributed by atoms with Gasteiger partial charge in [0.25, 0.3) is 0 Å². The first-order chi connectivity index (χ1) is 16.1. The number of fused-ring (bicyclic) bond motifs is 1. The fourth-order valence-electron chi connectivity index (χ4n) is 3.83. The van der Waals surface area contributed by atoms with Gasteiger partial charge in [0.05, 0.1) is 26.0 Å². The predicted octanol–water partition coefficient (Wildman–Crippen LogP) is 2.59. The Hall–Kier alpha value is -2.98. The number of aromatic nitrogens is 2. The summed E-state index contributed by atoms with van der Waals surface area (Å²) in [4.78, 5) is 25.2. The molecule has 2 amide bonds. The van der Waals surface area contributed by atoms with Gasteiger partial charge in [0.2, 0.25) is 11.8 Å². The van der Waals surface area contributed by atoms with Gasteiger partial charge in [-0.25, -0.2) is 4.68 Å². The fourth-order valence-corrected chi connectivity index (χ4v) is 4.87. The number of ether oxygens (including phenoxy) is 3. The lowest BCUT2D eigenvalue weighted by Crippen LogP contribution is -2.34.